The molecule has 0 aliphatic heterocycles. The molecule has 0 spiro atoms. The molecule has 0 radical (unpaired) electrons. The molecule has 0 N–H and O–H groups in total. The van der Waals surface area contributed by atoms with E-state index in [9.17, 15) is 35.1 Å². The zero-order valence-corrected chi connectivity index (χ0v) is 10.7. The van der Waals surface area contributed by atoms with Gasteiger partial charge in [0.25, 0.3) is 6.43 Å². The van der Waals surface area contributed by atoms with Crippen LogP contribution in [0.4, 0.5) is 35.1 Å². The Labute approximate surface area is 115 Å². The van der Waals surface area contributed by atoms with Crippen LogP contribution in [0, 0.1) is 0 Å². The third kappa shape index (κ3) is 3.02. The number of halogens is 12. The maximum Gasteiger partial charge on any atom is 0.424 e. The van der Waals surface area contributed by atoms with Gasteiger partial charge >= 0.3 is 12.1 Å². The quantitative estimate of drug-likeness (QED) is 0.477. The Bertz CT molecular complexity index is 298. The van der Waals surface area contributed by atoms with Gasteiger partial charge < -0.3 is 0 Å². The molecule has 0 bridgehead atoms. The van der Waals surface area contributed by atoms with Crippen LogP contribution in [0.25, 0.3) is 0 Å². The predicted octanol–water partition coefficient (Wildman–Crippen LogP) is 5.14. The lowest BCUT2D eigenvalue weighted by molar-refractivity contribution is -0.195. The van der Waals surface area contributed by atoms with Gasteiger partial charge in [-0.1, -0.05) is 46.4 Å². The molecule has 0 aromatic heterocycles. The molecule has 110 valence electrons. The summed E-state index contributed by atoms with van der Waals surface area (Å²) in [4.78, 5) is 0. The number of hydrogen-bond donors (Lipinski definition) is 0. The van der Waals surface area contributed by atoms with E-state index in [-0.39, 0.29) is 0 Å². The Morgan fingerprint density at radius 1 is 0.667 bits per heavy atom. The largest absolute Gasteiger partial charge is 0.424 e. The standard InChI is InChI=1S/C6H2Cl4F8/c7-3(8,6(16,17)18)1(11)5(14,15)4(9,10)2(12)13/h1-2H. The maximum absolute atomic E-state index is 13.1. The van der Waals surface area contributed by atoms with E-state index in [0.29, 0.717) is 0 Å². The fourth-order valence-corrected chi connectivity index (χ4v) is 1.15. The van der Waals surface area contributed by atoms with E-state index in [0.717, 1.165) is 0 Å². The zero-order chi connectivity index (χ0) is 15.2. The summed E-state index contributed by atoms with van der Waals surface area (Å²) in [5, 5.41) is 0. The molecule has 12 heteroatoms. The van der Waals surface area contributed by atoms with Crippen LogP contribution in [-0.2, 0) is 0 Å². The van der Waals surface area contributed by atoms with Crippen molar-refractivity contribution in [3.8, 4) is 0 Å². The van der Waals surface area contributed by atoms with Crippen LogP contribution in [0.2, 0.25) is 0 Å². The van der Waals surface area contributed by atoms with Crippen molar-refractivity contribution in [1.82, 2.24) is 0 Å². The molecule has 1 atom stereocenters. The van der Waals surface area contributed by atoms with E-state index in [1.807, 2.05) is 0 Å². The van der Waals surface area contributed by atoms with Gasteiger partial charge in [-0.05, 0) is 0 Å². The monoisotopic (exact) mass is 366 g/mol. The van der Waals surface area contributed by atoms with Gasteiger partial charge in [0.15, 0.2) is 0 Å². The second-order valence-corrected chi connectivity index (χ2v) is 5.80. The molecule has 0 saturated heterocycles. The molecular weight excluding hydrogens is 366 g/mol. The molecule has 0 rings (SSSR count). The van der Waals surface area contributed by atoms with Crippen molar-refractivity contribution in [2.45, 2.75) is 33.4 Å². The van der Waals surface area contributed by atoms with Crippen molar-refractivity contribution in [1.29, 1.82) is 0 Å². The predicted molar refractivity (Wildman–Crippen MR) is 50.8 cm³/mol. The average molecular weight is 368 g/mol. The van der Waals surface area contributed by atoms with Crippen molar-refractivity contribution < 1.29 is 35.1 Å². The van der Waals surface area contributed by atoms with E-state index < -0.39 is 33.4 Å². The second kappa shape index (κ2) is 5.18. The maximum atomic E-state index is 13.1. The lowest BCUT2D eigenvalue weighted by Crippen LogP contribution is -2.59. The first-order valence-corrected chi connectivity index (χ1v) is 5.23. The summed E-state index contributed by atoms with van der Waals surface area (Å²) in [5.41, 5.74) is 0. The van der Waals surface area contributed by atoms with Crippen molar-refractivity contribution in [3.63, 3.8) is 0 Å². The van der Waals surface area contributed by atoms with Crippen LogP contribution >= 0.6 is 46.4 Å². The molecule has 1 unspecified atom stereocenters. The summed E-state index contributed by atoms with van der Waals surface area (Å²) in [6.45, 7) is 0. The smallest absolute Gasteiger partial charge is 0.237 e. The summed E-state index contributed by atoms with van der Waals surface area (Å²) in [6.07, 6.45) is -14.6. The molecule has 0 aliphatic rings. The summed E-state index contributed by atoms with van der Waals surface area (Å²) >= 11 is 17.7. The molecule has 0 heterocycles. The summed E-state index contributed by atoms with van der Waals surface area (Å²) in [6, 6.07) is 0. The topological polar surface area (TPSA) is 0 Å². The summed E-state index contributed by atoms with van der Waals surface area (Å²) in [7, 11) is 0. The van der Waals surface area contributed by atoms with Crippen LogP contribution in [-0.4, -0.2) is 33.4 Å². The summed E-state index contributed by atoms with van der Waals surface area (Å²) in [5.74, 6) is -5.55. The Kier molecular flexibility index (Phi) is 5.35. The average Bonchev–Trinajstić information content (AvgIpc) is 2.13. The molecule has 0 nitrogen and oxygen atoms in total. The van der Waals surface area contributed by atoms with Gasteiger partial charge in [0.05, 0.1) is 0 Å². The number of hydrogen-bond acceptors (Lipinski definition) is 0. The lowest BCUT2D eigenvalue weighted by atomic mass is 10.1. The van der Waals surface area contributed by atoms with E-state index in [2.05, 4.69) is 46.4 Å². The third-order valence-corrected chi connectivity index (χ3v) is 3.38. The Morgan fingerprint density at radius 2 is 1.00 bits per heavy atom. The van der Waals surface area contributed by atoms with Gasteiger partial charge in [-0.2, -0.15) is 22.0 Å². The molecule has 0 aromatic carbocycles. The molecule has 0 aromatic rings. The van der Waals surface area contributed by atoms with Crippen molar-refractivity contribution in [3.05, 3.63) is 0 Å². The lowest BCUT2D eigenvalue weighted by Gasteiger charge is -2.36. The van der Waals surface area contributed by atoms with Crippen LogP contribution < -0.4 is 0 Å². The number of alkyl halides is 12. The van der Waals surface area contributed by atoms with Crippen LogP contribution in [0.5, 0.6) is 0 Å². The highest BCUT2D eigenvalue weighted by Gasteiger charge is 2.73. The van der Waals surface area contributed by atoms with E-state index in [4.69, 9.17) is 0 Å². The first-order chi connectivity index (χ1) is 7.60. The minimum absolute atomic E-state index is 4.24. The number of rotatable bonds is 4. The molecule has 0 amide bonds. The van der Waals surface area contributed by atoms with Gasteiger partial charge in [0.2, 0.25) is 14.8 Å². The van der Waals surface area contributed by atoms with Gasteiger partial charge in [-0.3, -0.25) is 0 Å². The highest BCUT2D eigenvalue weighted by molar-refractivity contribution is 6.51. The van der Waals surface area contributed by atoms with Gasteiger partial charge in [0, 0.05) is 0 Å². The first kappa shape index (κ1) is 18.6. The van der Waals surface area contributed by atoms with Crippen LogP contribution in [0.1, 0.15) is 0 Å². The molecule has 18 heavy (non-hydrogen) atoms. The molecule has 0 fully saturated rings. The second-order valence-electron chi connectivity index (χ2n) is 3.03. The van der Waals surface area contributed by atoms with E-state index >= 15 is 0 Å². The third-order valence-electron chi connectivity index (χ3n) is 1.73. The zero-order valence-electron chi connectivity index (χ0n) is 7.69. The van der Waals surface area contributed by atoms with Crippen molar-refractivity contribution >= 4 is 46.4 Å². The Morgan fingerprint density at radius 3 is 1.22 bits per heavy atom. The molecular formula is C6H2Cl4F8. The minimum Gasteiger partial charge on any atom is -0.237 e. The molecule has 0 saturated carbocycles. The van der Waals surface area contributed by atoms with Crippen molar-refractivity contribution in [2.75, 3.05) is 0 Å². The highest BCUT2D eigenvalue weighted by atomic mass is 35.5. The van der Waals surface area contributed by atoms with E-state index in [1.165, 1.54) is 0 Å². The van der Waals surface area contributed by atoms with Crippen molar-refractivity contribution in [2.24, 2.45) is 0 Å². The summed E-state index contributed by atoms with van der Waals surface area (Å²) < 4.78 is 90.6. The fraction of sp³-hybridized carbons (Fsp3) is 1.00. The van der Waals surface area contributed by atoms with Gasteiger partial charge in [-0.15, -0.1) is 0 Å². The van der Waals surface area contributed by atoms with Gasteiger partial charge in [0.1, 0.15) is 0 Å². The van der Waals surface area contributed by atoms with Crippen LogP contribution in [0.3, 0.4) is 0 Å². The fourth-order valence-electron chi connectivity index (χ4n) is 0.686. The highest BCUT2D eigenvalue weighted by Crippen LogP contribution is 2.54. The van der Waals surface area contributed by atoms with E-state index in [1.54, 1.807) is 0 Å². The Balaban J connectivity index is 5.52. The van der Waals surface area contributed by atoms with Crippen LogP contribution in [0.15, 0.2) is 0 Å². The molecule has 0 aliphatic carbocycles. The SMILES string of the molecule is FC(C(F)(F)C(Cl)(Cl)C(F)F)C(Cl)(Cl)C(F)(F)F. The normalized spacial score (nSPS) is 17.2. The first-order valence-electron chi connectivity index (χ1n) is 3.72. The van der Waals surface area contributed by atoms with Gasteiger partial charge in [-0.25, -0.2) is 13.2 Å². The Hall–Kier alpha value is 0.600. The minimum atomic E-state index is -5.86.